The van der Waals surface area contributed by atoms with Crippen LogP contribution in [0.5, 0.6) is 11.5 Å². The van der Waals surface area contributed by atoms with E-state index in [2.05, 4.69) is 26.0 Å². The number of hydrogen-bond donors (Lipinski definition) is 0. The molecule has 36 heavy (non-hydrogen) atoms. The second-order valence-electron chi connectivity index (χ2n) is 7.35. The van der Waals surface area contributed by atoms with E-state index in [-0.39, 0.29) is 5.00 Å². The summed E-state index contributed by atoms with van der Waals surface area (Å²) in [6.07, 6.45) is 1.42. The number of anilines is 1. The summed E-state index contributed by atoms with van der Waals surface area (Å²) in [5, 5.41) is 17.0. The van der Waals surface area contributed by atoms with Gasteiger partial charge in [-0.1, -0.05) is 62.9 Å². The molecular weight excluding hydrogens is 564 g/mol. The summed E-state index contributed by atoms with van der Waals surface area (Å²) in [4.78, 5) is 29.3. The van der Waals surface area contributed by atoms with Gasteiger partial charge in [0.15, 0.2) is 0 Å². The number of para-hydroxylation sites is 1. The molecule has 2 heterocycles. The van der Waals surface area contributed by atoms with Gasteiger partial charge in [0.2, 0.25) is 5.13 Å². The zero-order valence-corrected chi connectivity index (χ0v) is 21.5. The normalized spacial score (nSPS) is 11.1. The minimum absolute atomic E-state index is 0.00933. The van der Waals surface area contributed by atoms with E-state index in [1.165, 1.54) is 28.6 Å². The predicted octanol–water partition coefficient (Wildman–Crippen LogP) is 7.50. The van der Waals surface area contributed by atoms with E-state index in [9.17, 15) is 14.9 Å². The summed E-state index contributed by atoms with van der Waals surface area (Å²) < 4.78 is 7.65. The Morgan fingerprint density at radius 3 is 2.58 bits per heavy atom. The third kappa shape index (κ3) is 5.33. The number of halogens is 1. The number of nitro groups is 1. The first kappa shape index (κ1) is 23.8. The van der Waals surface area contributed by atoms with Gasteiger partial charge in [0.1, 0.15) is 11.5 Å². The molecule has 0 aliphatic rings. The number of carbonyl (C=O) groups is 1. The van der Waals surface area contributed by atoms with Crippen LogP contribution in [-0.4, -0.2) is 22.0 Å². The van der Waals surface area contributed by atoms with Gasteiger partial charge in [-0.15, -0.1) is 0 Å². The number of rotatable bonds is 7. The van der Waals surface area contributed by atoms with Crippen LogP contribution in [0.1, 0.15) is 15.2 Å². The van der Waals surface area contributed by atoms with Crippen molar-refractivity contribution >= 4 is 71.1 Å². The fourth-order valence-corrected chi connectivity index (χ4v) is 5.39. The number of aromatic nitrogens is 1. The average Bonchev–Trinajstić information content (AvgIpc) is 3.52. The highest BCUT2D eigenvalue weighted by atomic mass is 79.9. The number of fused-ring (bicyclic) bond motifs is 1. The van der Waals surface area contributed by atoms with Crippen molar-refractivity contribution in [2.75, 3.05) is 5.01 Å². The quantitative estimate of drug-likeness (QED) is 0.113. The Hall–Kier alpha value is -3.93. The van der Waals surface area contributed by atoms with Crippen LogP contribution in [0.4, 0.5) is 10.1 Å². The monoisotopic (exact) mass is 578 g/mol. The van der Waals surface area contributed by atoms with Crippen LogP contribution in [-0.2, 0) is 0 Å². The third-order valence-electron chi connectivity index (χ3n) is 4.87. The number of hydrazone groups is 1. The second kappa shape index (κ2) is 10.4. The van der Waals surface area contributed by atoms with Crippen molar-refractivity contribution in [2.45, 2.75) is 0 Å². The summed E-state index contributed by atoms with van der Waals surface area (Å²) in [7, 11) is 0. The smallest absolute Gasteiger partial charge is 0.324 e. The molecule has 5 aromatic rings. The zero-order chi connectivity index (χ0) is 25.1. The van der Waals surface area contributed by atoms with Crippen LogP contribution < -0.4 is 9.75 Å². The summed E-state index contributed by atoms with van der Waals surface area (Å²) >= 11 is 5.73. The average molecular weight is 579 g/mol. The van der Waals surface area contributed by atoms with E-state index in [4.69, 9.17) is 4.74 Å². The summed E-state index contributed by atoms with van der Waals surface area (Å²) in [6.45, 7) is 0. The Kier molecular flexibility index (Phi) is 6.85. The molecule has 0 N–H and O–H groups in total. The maximum Gasteiger partial charge on any atom is 0.324 e. The van der Waals surface area contributed by atoms with Crippen molar-refractivity contribution < 1.29 is 14.5 Å². The lowest BCUT2D eigenvalue weighted by molar-refractivity contribution is -0.380. The molecule has 5 rings (SSSR count). The van der Waals surface area contributed by atoms with E-state index in [1.54, 1.807) is 30.3 Å². The molecule has 178 valence electrons. The van der Waals surface area contributed by atoms with E-state index < -0.39 is 10.8 Å². The van der Waals surface area contributed by atoms with Crippen LogP contribution in [0.2, 0.25) is 0 Å². The molecule has 2 aromatic heterocycles. The molecule has 0 unspecified atom stereocenters. The highest BCUT2D eigenvalue weighted by Gasteiger charge is 2.22. The standard InChI is InChI=1S/C25H15BrN4O4S2/c26-17-9-11-21-22(14-17)36-25(28-21)29(27-15-20-10-12-23(35-20)30(32)33)24(31)16-5-4-8-19(13-16)34-18-6-2-1-3-7-18/h1-15H/b27-15+. The van der Waals surface area contributed by atoms with Gasteiger partial charge in [-0.3, -0.25) is 14.9 Å². The maximum atomic E-state index is 13.6. The molecule has 0 radical (unpaired) electrons. The van der Waals surface area contributed by atoms with Crippen LogP contribution in [0.3, 0.4) is 0 Å². The summed E-state index contributed by atoms with van der Waals surface area (Å²) in [5.41, 5.74) is 1.07. The third-order valence-corrected chi connectivity index (χ3v) is 7.32. The van der Waals surface area contributed by atoms with Gasteiger partial charge in [0.05, 0.1) is 26.2 Å². The first-order chi connectivity index (χ1) is 17.5. The summed E-state index contributed by atoms with van der Waals surface area (Å²) in [5.74, 6) is 0.722. The van der Waals surface area contributed by atoms with Crippen molar-refractivity contribution in [3.05, 3.63) is 110 Å². The fraction of sp³-hybridized carbons (Fsp3) is 0. The highest BCUT2D eigenvalue weighted by molar-refractivity contribution is 9.10. The number of benzene rings is 3. The number of amides is 1. The number of thiazole rings is 1. The molecule has 0 saturated heterocycles. The summed E-state index contributed by atoms with van der Waals surface area (Å²) in [6, 6.07) is 24.7. The minimum Gasteiger partial charge on any atom is -0.457 e. The molecule has 0 aliphatic carbocycles. The number of hydrogen-bond acceptors (Lipinski definition) is 8. The van der Waals surface area contributed by atoms with E-state index in [0.29, 0.717) is 27.1 Å². The molecule has 8 nitrogen and oxygen atoms in total. The molecule has 11 heteroatoms. The van der Waals surface area contributed by atoms with E-state index >= 15 is 0 Å². The van der Waals surface area contributed by atoms with Gasteiger partial charge in [0.25, 0.3) is 5.91 Å². The molecule has 0 bridgehead atoms. The van der Waals surface area contributed by atoms with Crippen LogP contribution in [0, 0.1) is 10.1 Å². The molecule has 0 fully saturated rings. The van der Waals surface area contributed by atoms with Crippen molar-refractivity contribution in [1.29, 1.82) is 0 Å². The van der Waals surface area contributed by atoms with Crippen molar-refractivity contribution in [1.82, 2.24) is 4.98 Å². The highest BCUT2D eigenvalue weighted by Crippen LogP contribution is 2.33. The first-order valence-electron chi connectivity index (χ1n) is 10.5. The van der Waals surface area contributed by atoms with Gasteiger partial charge in [-0.25, -0.2) is 4.98 Å². The zero-order valence-electron chi connectivity index (χ0n) is 18.3. The van der Waals surface area contributed by atoms with Gasteiger partial charge in [-0.05, 0) is 54.6 Å². The van der Waals surface area contributed by atoms with Crippen LogP contribution in [0.15, 0.2) is 94.5 Å². The lowest BCUT2D eigenvalue weighted by Crippen LogP contribution is -2.25. The van der Waals surface area contributed by atoms with Gasteiger partial charge in [-0.2, -0.15) is 10.1 Å². The van der Waals surface area contributed by atoms with E-state index in [0.717, 1.165) is 26.0 Å². The predicted molar refractivity (Wildman–Crippen MR) is 146 cm³/mol. The molecule has 1 amide bonds. The Morgan fingerprint density at radius 2 is 1.81 bits per heavy atom. The number of thiophene rings is 1. The fourth-order valence-electron chi connectivity index (χ4n) is 3.23. The van der Waals surface area contributed by atoms with Gasteiger partial charge < -0.3 is 4.74 Å². The second-order valence-corrected chi connectivity index (χ2v) is 10.4. The Balaban J connectivity index is 1.50. The van der Waals surface area contributed by atoms with E-state index in [1.807, 2.05) is 48.5 Å². The lowest BCUT2D eigenvalue weighted by Gasteiger charge is -2.14. The van der Waals surface area contributed by atoms with Gasteiger partial charge >= 0.3 is 5.00 Å². The Labute approximate surface area is 221 Å². The Morgan fingerprint density at radius 1 is 1.00 bits per heavy atom. The first-order valence-corrected chi connectivity index (χ1v) is 12.9. The molecule has 0 atom stereocenters. The largest absolute Gasteiger partial charge is 0.457 e. The van der Waals surface area contributed by atoms with Crippen LogP contribution in [0.25, 0.3) is 10.2 Å². The minimum atomic E-state index is -0.464. The molecule has 0 saturated carbocycles. The Bertz CT molecular complexity index is 1600. The number of nitrogens with zero attached hydrogens (tertiary/aromatic N) is 4. The van der Waals surface area contributed by atoms with Crippen LogP contribution >= 0.6 is 38.6 Å². The number of carbonyl (C=O) groups excluding carboxylic acids is 1. The van der Waals surface area contributed by atoms with Crippen molar-refractivity contribution in [3.63, 3.8) is 0 Å². The van der Waals surface area contributed by atoms with Crippen molar-refractivity contribution in [2.24, 2.45) is 5.10 Å². The number of ether oxygens (including phenoxy) is 1. The molecular formula is C25H15BrN4O4S2. The van der Waals surface area contributed by atoms with Gasteiger partial charge in [0, 0.05) is 16.1 Å². The maximum absolute atomic E-state index is 13.6. The molecule has 0 aliphatic heterocycles. The topological polar surface area (TPSA) is 97.9 Å². The SMILES string of the molecule is O=C(c1cccc(Oc2ccccc2)c1)N(/N=C/c1ccc([N+](=O)[O-])s1)c1nc2ccc(Br)cc2s1. The lowest BCUT2D eigenvalue weighted by atomic mass is 10.2. The molecule has 0 spiro atoms. The molecule has 3 aromatic carbocycles. The van der Waals surface area contributed by atoms with Crippen molar-refractivity contribution in [3.8, 4) is 11.5 Å².